The van der Waals surface area contributed by atoms with Crippen LogP contribution >= 0.6 is 0 Å². The monoisotopic (exact) mass is 599 g/mol. The number of esters is 2. The van der Waals surface area contributed by atoms with Crippen molar-refractivity contribution in [3.8, 4) is 0 Å². The second-order valence-electron chi connectivity index (χ2n) is 9.57. The Morgan fingerprint density at radius 2 is 1.72 bits per heavy atom. The van der Waals surface area contributed by atoms with Gasteiger partial charge in [-0.15, -0.1) is 0 Å². The van der Waals surface area contributed by atoms with Gasteiger partial charge >= 0.3 is 11.9 Å². The van der Waals surface area contributed by atoms with Crippen LogP contribution in [0.3, 0.4) is 0 Å². The fourth-order valence-corrected chi connectivity index (χ4v) is 4.80. The van der Waals surface area contributed by atoms with E-state index in [0.29, 0.717) is 34.5 Å². The Kier molecular flexibility index (Phi) is 11.2. The second-order valence-corrected chi connectivity index (χ2v) is 9.57. The maximum atomic E-state index is 13.5. The van der Waals surface area contributed by atoms with Gasteiger partial charge in [0.15, 0.2) is 0 Å². The van der Waals surface area contributed by atoms with E-state index in [1.54, 1.807) is 19.9 Å². The molecule has 0 amide bonds. The minimum atomic E-state index is -0.894. The maximum absolute atomic E-state index is 13.5. The highest BCUT2D eigenvalue weighted by atomic mass is 79.9. The van der Waals surface area contributed by atoms with Crippen molar-refractivity contribution in [3.63, 3.8) is 0 Å². The third kappa shape index (κ3) is 7.64. The Balaban J connectivity index is 0.00000533. The lowest BCUT2D eigenvalue weighted by Crippen LogP contribution is -3.00. The first-order valence-corrected chi connectivity index (χ1v) is 12.3. The highest BCUT2D eigenvalue weighted by Gasteiger charge is 2.38. The summed E-state index contributed by atoms with van der Waals surface area (Å²) >= 11 is 0. The van der Waals surface area contributed by atoms with E-state index < -0.39 is 22.8 Å². The van der Waals surface area contributed by atoms with Gasteiger partial charge in [-0.3, -0.25) is 10.1 Å². The molecule has 2 unspecified atom stereocenters. The van der Waals surface area contributed by atoms with Crippen LogP contribution in [-0.2, 0) is 25.6 Å². The van der Waals surface area contributed by atoms with Crippen LogP contribution in [0.2, 0.25) is 0 Å². The molecule has 9 nitrogen and oxygen atoms in total. The summed E-state index contributed by atoms with van der Waals surface area (Å²) in [5, 5.41) is 14.5. The number of ether oxygens (including phenoxy) is 2. The number of nitro groups is 1. The van der Waals surface area contributed by atoms with E-state index in [0.717, 1.165) is 12.1 Å². The molecule has 1 aliphatic heterocycles. The zero-order valence-corrected chi connectivity index (χ0v) is 24.2. The summed E-state index contributed by atoms with van der Waals surface area (Å²) in [7, 11) is 3.32. The molecule has 1 aliphatic rings. The lowest BCUT2D eigenvalue weighted by atomic mass is 9.80. The van der Waals surface area contributed by atoms with Crippen molar-refractivity contribution in [2.75, 3.05) is 33.9 Å². The molecule has 0 radical (unpaired) electrons. The van der Waals surface area contributed by atoms with Crippen molar-refractivity contribution in [1.29, 1.82) is 0 Å². The van der Waals surface area contributed by atoms with Gasteiger partial charge < -0.3 is 36.3 Å². The molecule has 0 saturated carbocycles. The summed E-state index contributed by atoms with van der Waals surface area (Å²) in [6.45, 7) is 9.37. The van der Waals surface area contributed by atoms with Gasteiger partial charge in [-0.25, -0.2) is 9.59 Å². The van der Waals surface area contributed by atoms with Gasteiger partial charge in [0, 0.05) is 29.1 Å². The summed E-state index contributed by atoms with van der Waals surface area (Å²) in [5.41, 5.74) is 2.84. The number of hydrogen-bond donors (Lipinski definition) is 1. The third-order valence-corrected chi connectivity index (χ3v) is 6.64. The van der Waals surface area contributed by atoms with Crippen molar-refractivity contribution >= 4 is 17.6 Å². The lowest BCUT2D eigenvalue weighted by Gasteiger charge is -2.34. The number of nitrogens with zero attached hydrogens (tertiary/aromatic N) is 2. The van der Waals surface area contributed by atoms with Gasteiger partial charge in [0.1, 0.15) is 19.7 Å². The van der Waals surface area contributed by atoms with Crippen molar-refractivity contribution in [3.05, 3.63) is 111 Å². The molecule has 0 fully saturated rings. The number of nitro benzene ring substituents is 1. The zero-order chi connectivity index (χ0) is 27.9. The molecule has 39 heavy (non-hydrogen) atoms. The van der Waals surface area contributed by atoms with Gasteiger partial charge in [-0.2, -0.15) is 0 Å². The SMILES string of the molecule is C=CC[N+](C)(CCOC(=O)C1=C(C)NC(C)=C(C(=O)OC)C1c1cccc([N+](=O)[O-])c1)Cc1ccccc1.[Br-]. The summed E-state index contributed by atoms with van der Waals surface area (Å²) in [6.07, 6.45) is 1.84. The van der Waals surface area contributed by atoms with E-state index in [1.165, 1.54) is 25.3 Å². The van der Waals surface area contributed by atoms with E-state index in [9.17, 15) is 19.7 Å². The van der Waals surface area contributed by atoms with Crippen LogP contribution in [0.4, 0.5) is 5.69 Å². The number of nitrogens with one attached hydrogen (secondary N) is 1. The molecule has 2 aromatic rings. The van der Waals surface area contributed by atoms with E-state index in [4.69, 9.17) is 9.47 Å². The van der Waals surface area contributed by atoms with E-state index in [1.807, 2.05) is 24.3 Å². The first-order chi connectivity index (χ1) is 18.1. The molecular weight excluding hydrogens is 566 g/mol. The van der Waals surface area contributed by atoms with Crippen LogP contribution < -0.4 is 22.3 Å². The Hall–Kier alpha value is -3.76. The van der Waals surface area contributed by atoms with Gasteiger partial charge in [-0.1, -0.05) is 49.0 Å². The third-order valence-electron chi connectivity index (χ3n) is 6.64. The molecular formula is C29H34BrN3O6. The quantitative estimate of drug-likeness (QED) is 0.137. The van der Waals surface area contributed by atoms with Crippen LogP contribution in [0.1, 0.15) is 30.9 Å². The fraction of sp³-hybridized carbons (Fsp3) is 0.310. The molecule has 0 aromatic heterocycles. The number of benzene rings is 2. The van der Waals surface area contributed by atoms with Crippen LogP contribution in [0.25, 0.3) is 0 Å². The second kappa shape index (κ2) is 13.9. The number of non-ortho nitro benzene ring substituents is 1. The molecule has 1 heterocycles. The maximum Gasteiger partial charge on any atom is 0.336 e. The minimum Gasteiger partial charge on any atom is -1.00 e. The summed E-state index contributed by atoms with van der Waals surface area (Å²) in [6, 6.07) is 16.0. The number of halogens is 1. The van der Waals surface area contributed by atoms with Gasteiger partial charge in [0.05, 0.1) is 42.7 Å². The first kappa shape index (κ1) is 31.5. The number of quaternary nitrogens is 1. The van der Waals surface area contributed by atoms with Crippen molar-refractivity contribution in [2.24, 2.45) is 0 Å². The number of allylic oxidation sites excluding steroid dienone is 2. The molecule has 3 rings (SSSR count). The largest absolute Gasteiger partial charge is 1.00 e. The molecule has 2 aromatic carbocycles. The predicted octanol–water partition coefficient (Wildman–Crippen LogP) is 1.38. The number of methoxy groups -OCH3 is 1. The number of rotatable bonds is 11. The molecule has 1 N–H and O–H groups in total. The molecule has 0 aliphatic carbocycles. The molecule has 0 bridgehead atoms. The average Bonchev–Trinajstić information content (AvgIpc) is 2.88. The molecule has 208 valence electrons. The van der Waals surface area contributed by atoms with E-state index >= 15 is 0 Å². The van der Waals surface area contributed by atoms with Gasteiger partial charge in [-0.05, 0) is 25.5 Å². The van der Waals surface area contributed by atoms with Crippen LogP contribution in [0.15, 0.2) is 89.8 Å². The fourth-order valence-electron chi connectivity index (χ4n) is 4.80. The Morgan fingerprint density at radius 3 is 2.31 bits per heavy atom. The standard InChI is InChI=1S/C29H33N3O6.BrH/c1-6-15-32(4,19-22-11-8-7-9-12-22)16-17-38-29(34)26-21(3)30-20(2)25(28(33)37-5)27(26)23-13-10-14-24(18-23)31(35)36;/h6-14,18,27H,1,15-17,19H2,2-5H3;1H. The zero-order valence-electron chi connectivity index (χ0n) is 22.6. The Labute approximate surface area is 239 Å². The van der Waals surface area contributed by atoms with Crippen LogP contribution in [0.5, 0.6) is 0 Å². The topological polar surface area (TPSA) is 108 Å². The highest BCUT2D eigenvalue weighted by molar-refractivity contribution is 5.99. The molecule has 0 saturated heterocycles. The lowest BCUT2D eigenvalue weighted by molar-refractivity contribution is -0.917. The minimum absolute atomic E-state index is 0. The highest BCUT2D eigenvalue weighted by Crippen LogP contribution is 2.40. The van der Waals surface area contributed by atoms with Crippen molar-refractivity contribution < 1.29 is 45.5 Å². The summed E-state index contributed by atoms with van der Waals surface area (Å²) < 4.78 is 11.3. The number of carbonyl (C=O) groups excluding carboxylic acids is 2. The number of dihydropyridines is 1. The number of likely N-dealkylation sites (N-methyl/N-ethyl adjacent to an activating group) is 1. The van der Waals surface area contributed by atoms with E-state index in [2.05, 4.69) is 31.1 Å². The van der Waals surface area contributed by atoms with Gasteiger partial charge in [0.2, 0.25) is 0 Å². The van der Waals surface area contributed by atoms with Crippen LogP contribution in [-0.4, -0.2) is 55.2 Å². The molecule has 2 atom stereocenters. The van der Waals surface area contributed by atoms with E-state index in [-0.39, 0.29) is 40.4 Å². The predicted molar refractivity (Wildman–Crippen MR) is 144 cm³/mol. The smallest absolute Gasteiger partial charge is 0.336 e. The Morgan fingerprint density at radius 1 is 1.08 bits per heavy atom. The molecule has 10 heteroatoms. The van der Waals surface area contributed by atoms with Gasteiger partial charge in [0.25, 0.3) is 5.69 Å². The van der Waals surface area contributed by atoms with Crippen LogP contribution in [0, 0.1) is 10.1 Å². The van der Waals surface area contributed by atoms with Crippen molar-refractivity contribution in [2.45, 2.75) is 26.3 Å². The summed E-state index contributed by atoms with van der Waals surface area (Å²) in [5.74, 6) is -2.14. The average molecular weight is 601 g/mol. The normalized spacial score (nSPS) is 16.4. The summed E-state index contributed by atoms with van der Waals surface area (Å²) in [4.78, 5) is 37.3. The number of hydrogen-bond acceptors (Lipinski definition) is 7. The molecule has 0 spiro atoms. The van der Waals surface area contributed by atoms with Crippen molar-refractivity contribution in [1.82, 2.24) is 5.32 Å². The Bertz CT molecular complexity index is 1290. The number of carbonyl (C=O) groups is 2. The first-order valence-electron chi connectivity index (χ1n) is 12.3.